The molecular formula is C18H19N3O2. The van der Waals surface area contributed by atoms with Crippen molar-refractivity contribution in [3.8, 4) is 17.1 Å². The molecule has 2 heterocycles. The fraction of sp³-hybridized carbons (Fsp3) is 0.278. The molecule has 118 valence electrons. The first-order valence-corrected chi connectivity index (χ1v) is 7.71. The molecule has 1 aliphatic heterocycles. The van der Waals surface area contributed by atoms with Crippen molar-refractivity contribution in [1.82, 2.24) is 15.3 Å². The first-order valence-electron chi connectivity index (χ1n) is 7.71. The van der Waals surface area contributed by atoms with Crippen LogP contribution < -0.4 is 10.1 Å². The highest BCUT2D eigenvalue weighted by molar-refractivity contribution is 5.76. The monoisotopic (exact) mass is 309 g/mol. The lowest BCUT2D eigenvalue weighted by Crippen LogP contribution is -2.34. The summed E-state index contributed by atoms with van der Waals surface area (Å²) >= 11 is 0. The molecule has 5 heteroatoms. The summed E-state index contributed by atoms with van der Waals surface area (Å²) in [4.78, 5) is 20.3. The van der Waals surface area contributed by atoms with Crippen molar-refractivity contribution in [2.24, 2.45) is 0 Å². The van der Waals surface area contributed by atoms with E-state index in [9.17, 15) is 4.79 Å². The number of carbonyl (C=O) groups excluding carboxylic acids is 1. The number of fused-ring (bicyclic) bond motifs is 1. The van der Waals surface area contributed by atoms with Crippen LogP contribution >= 0.6 is 0 Å². The van der Waals surface area contributed by atoms with Gasteiger partial charge in [0.05, 0.1) is 12.1 Å². The number of carbonyl (C=O) groups is 1. The molecule has 2 aromatic rings. The molecule has 1 atom stereocenters. The quantitative estimate of drug-likeness (QED) is 0.833. The molecule has 23 heavy (non-hydrogen) atoms. The van der Waals surface area contributed by atoms with Crippen molar-refractivity contribution < 1.29 is 9.53 Å². The topological polar surface area (TPSA) is 64.1 Å². The standard InChI is InChI=1S/C18H19N3O2/c1-2-3-8-16(22)21-12-14-11-13-6-4-7-15(17(13)23-14)18-19-9-5-10-20-18/h2,4-7,9-10,14H,1,3,8,11-12H2,(H,21,22). The third-order valence-electron chi connectivity index (χ3n) is 3.74. The minimum Gasteiger partial charge on any atom is -0.487 e. The second-order valence-electron chi connectivity index (χ2n) is 5.44. The van der Waals surface area contributed by atoms with E-state index >= 15 is 0 Å². The van der Waals surface area contributed by atoms with E-state index in [0.29, 0.717) is 25.2 Å². The Bertz CT molecular complexity index is 701. The molecule has 0 radical (unpaired) electrons. The van der Waals surface area contributed by atoms with Crippen molar-refractivity contribution in [3.05, 3.63) is 54.9 Å². The summed E-state index contributed by atoms with van der Waals surface area (Å²) in [5, 5.41) is 2.91. The normalized spacial score (nSPS) is 15.6. The number of amides is 1. The number of ether oxygens (including phenoxy) is 1. The number of hydrogen-bond donors (Lipinski definition) is 1. The van der Waals surface area contributed by atoms with E-state index < -0.39 is 0 Å². The molecule has 1 aromatic heterocycles. The van der Waals surface area contributed by atoms with Crippen LogP contribution in [0.15, 0.2) is 49.3 Å². The zero-order chi connectivity index (χ0) is 16.1. The van der Waals surface area contributed by atoms with Gasteiger partial charge in [0.2, 0.25) is 5.91 Å². The van der Waals surface area contributed by atoms with Gasteiger partial charge in [0.25, 0.3) is 0 Å². The fourth-order valence-electron chi connectivity index (χ4n) is 2.62. The maximum atomic E-state index is 11.7. The number of nitrogens with one attached hydrogen (secondary N) is 1. The summed E-state index contributed by atoms with van der Waals surface area (Å²) in [5.74, 6) is 1.50. The molecule has 5 nitrogen and oxygen atoms in total. The zero-order valence-corrected chi connectivity index (χ0v) is 12.9. The van der Waals surface area contributed by atoms with Gasteiger partial charge in [-0.25, -0.2) is 9.97 Å². The highest BCUT2D eigenvalue weighted by Gasteiger charge is 2.26. The SMILES string of the molecule is C=CCCC(=O)NCC1Cc2cccc(-c3ncccn3)c2O1. The lowest BCUT2D eigenvalue weighted by atomic mass is 10.1. The molecule has 0 aliphatic carbocycles. The first-order chi connectivity index (χ1) is 11.3. The molecule has 0 saturated carbocycles. The number of hydrogen-bond acceptors (Lipinski definition) is 4. The molecule has 3 rings (SSSR count). The smallest absolute Gasteiger partial charge is 0.220 e. The summed E-state index contributed by atoms with van der Waals surface area (Å²) in [5.41, 5.74) is 2.02. The Morgan fingerprint density at radius 3 is 2.96 bits per heavy atom. The van der Waals surface area contributed by atoms with Gasteiger partial charge >= 0.3 is 0 Å². The van der Waals surface area contributed by atoms with Crippen molar-refractivity contribution in [2.75, 3.05) is 6.54 Å². The van der Waals surface area contributed by atoms with E-state index in [1.807, 2.05) is 18.2 Å². The molecule has 1 unspecified atom stereocenters. The Morgan fingerprint density at radius 2 is 2.17 bits per heavy atom. The predicted molar refractivity (Wildman–Crippen MR) is 88.0 cm³/mol. The van der Waals surface area contributed by atoms with Crippen LogP contribution in [0, 0.1) is 0 Å². The third-order valence-corrected chi connectivity index (χ3v) is 3.74. The van der Waals surface area contributed by atoms with Crippen molar-refractivity contribution in [1.29, 1.82) is 0 Å². The summed E-state index contributed by atoms with van der Waals surface area (Å²) in [6, 6.07) is 7.77. The lowest BCUT2D eigenvalue weighted by molar-refractivity contribution is -0.121. The Morgan fingerprint density at radius 1 is 1.35 bits per heavy atom. The third kappa shape index (κ3) is 3.56. The van der Waals surface area contributed by atoms with Crippen molar-refractivity contribution in [3.63, 3.8) is 0 Å². The Kier molecular flexibility index (Phi) is 4.66. The van der Waals surface area contributed by atoms with Gasteiger partial charge in [-0.05, 0) is 24.1 Å². The van der Waals surface area contributed by atoms with E-state index in [1.54, 1.807) is 24.5 Å². The van der Waals surface area contributed by atoms with Crippen LogP contribution in [0.4, 0.5) is 0 Å². The molecule has 0 saturated heterocycles. The van der Waals surface area contributed by atoms with Gasteiger partial charge in [-0.15, -0.1) is 6.58 Å². The summed E-state index contributed by atoms with van der Waals surface area (Å²) < 4.78 is 6.03. The maximum absolute atomic E-state index is 11.7. The van der Waals surface area contributed by atoms with E-state index in [4.69, 9.17) is 4.74 Å². The second kappa shape index (κ2) is 7.05. The predicted octanol–water partition coefficient (Wildman–Crippen LogP) is 2.53. The number of para-hydroxylation sites is 1. The van der Waals surface area contributed by atoms with Crippen LogP contribution in [-0.4, -0.2) is 28.5 Å². The van der Waals surface area contributed by atoms with Crippen LogP contribution in [0.5, 0.6) is 5.75 Å². The summed E-state index contributed by atoms with van der Waals surface area (Å²) in [6.45, 7) is 4.12. The number of allylic oxidation sites excluding steroid dienone is 1. The number of aromatic nitrogens is 2. The van der Waals surface area contributed by atoms with Gasteiger partial charge in [-0.1, -0.05) is 18.2 Å². The molecule has 1 amide bonds. The van der Waals surface area contributed by atoms with Crippen molar-refractivity contribution in [2.45, 2.75) is 25.4 Å². The Balaban J connectivity index is 1.67. The first kappa shape index (κ1) is 15.2. The van der Waals surface area contributed by atoms with E-state index in [2.05, 4.69) is 21.9 Å². The van der Waals surface area contributed by atoms with Crippen LogP contribution in [0.2, 0.25) is 0 Å². The van der Waals surface area contributed by atoms with E-state index in [0.717, 1.165) is 23.3 Å². The Hall–Kier alpha value is -2.69. The highest BCUT2D eigenvalue weighted by Crippen LogP contribution is 2.37. The van der Waals surface area contributed by atoms with Crippen LogP contribution in [0.1, 0.15) is 18.4 Å². The average molecular weight is 309 g/mol. The summed E-state index contributed by atoms with van der Waals surface area (Å²) in [7, 11) is 0. The van der Waals surface area contributed by atoms with E-state index in [1.165, 1.54) is 0 Å². The molecule has 1 aromatic carbocycles. The number of nitrogens with zero attached hydrogens (tertiary/aromatic N) is 2. The molecule has 1 N–H and O–H groups in total. The van der Waals surface area contributed by atoms with Gasteiger partial charge in [0.15, 0.2) is 5.82 Å². The van der Waals surface area contributed by atoms with Crippen LogP contribution in [0.25, 0.3) is 11.4 Å². The zero-order valence-electron chi connectivity index (χ0n) is 12.9. The van der Waals surface area contributed by atoms with Gasteiger partial charge in [-0.2, -0.15) is 0 Å². The number of benzene rings is 1. The van der Waals surface area contributed by atoms with Gasteiger partial charge in [0, 0.05) is 25.2 Å². The number of rotatable bonds is 6. The largest absolute Gasteiger partial charge is 0.487 e. The molecule has 1 aliphatic rings. The Labute approximate surface area is 135 Å². The minimum absolute atomic E-state index is 0.0241. The average Bonchev–Trinajstić information content (AvgIpc) is 3.02. The van der Waals surface area contributed by atoms with E-state index in [-0.39, 0.29) is 12.0 Å². The maximum Gasteiger partial charge on any atom is 0.220 e. The summed E-state index contributed by atoms with van der Waals surface area (Å²) in [6.07, 6.45) is 7.05. The molecule has 0 spiro atoms. The molecule has 0 fully saturated rings. The van der Waals surface area contributed by atoms with Gasteiger partial charge < -0.3 is 10.1 Å². The molecule has 0 bridgehead atoms. The van der Waals surface area contributed by atoms with Crippen molar-refractivity contribution >= 4 is 5.91 Å². The molecular weight excluding hydrogens is 290 g/mol. The lowest BCUT2D eigenvalue weighted by Gasteiger charge is -2.13. The minimum atomic E-state index is -0.0532. The fourth-order valence-corrected chi connectivity index (χ4v) is 2.62. The van der Waals surface area contributed by atoms with Crippen LogP contribution in [0.3, 0.4) is 0 Å². The van der Waals surface area contributed by atoms with Gasteiger partial charge in [0.1, 0.15) is 11.9 Å². The van der Waals surface area contributed by atoms with Crippen LogP contribution in [-0.2, 0) is 11.2 Å². The second-order valence-corrected chi connectivity index (χ2v) is 5.44. The highest BCUT2D eigenvalue weighted by atomic mass is 16.5. The van der Waals surface area contributed by atoms with Gasteiger partial charge in [-0.3, -0.25) is 4.79 Å².